The molecule has 0 spiro atoms. The number of carbonyl (C=O) groups is 1. The summed E-state index contributed by atoms with van der Waals surface area (Å²) in [5, 5.41) is 10.1. The van der Waals surface area contributed by atoms with Gasteiger partial charge in [0, 0.05) is 16.9 Å². The molecule has 1 aromatic heterocycles. The lowest BCUT2D eigenvalue weighted by Gasteiger charge is -2.10. The molecular formula is C26H29NO3S. The van der Waals surface area contributed by atoms with Crippen LogP contribution < -0.4 is 4.74 Å². The van der Waals surface area contributed by atoms with E-state index < -0.39 is 5.97 Å². The molecule has 0 saturated carbocycles. The molecule has 1 unspecified atom stereocenters. The Hall–Kier alpha value is -2.66. The minimum absolute atomic E-state index is 0.132. The fraction of sp³-hybridized carbons (Fsp3) is 0.385. The summed E-state index contributed by atoms with van der Waals surface area (Å²) >= 11 is 1.73. The lowest BCUT2D eigenvalue weighted by Crippen LogP contribution is -2.04. The third-order valence-corrected chi connectivity index (χ3v) is 7.12. The molecular weight excluding hydrogens is 406 g/mol. The van der Waals surface area contributed by atoms with Gasteiger partial charge in [0.25, 0.3) is 0 Å². The Morgan fingerprint density at radius 3 is 2.71 bits per heavy atom. The minimum atomic E-state index is -0.730. The molecule has 3 aromatic rings. The fourth-order valence-corrected chi connectivity index (χ4v) is 5.22. The van der Waals surface area contributed by atoms with Gasteiger partial charge in [-0.3, -0.25) is 4.79 Å². The van der Waals surface area contributed by atoms with Crippen LogP contribution in [-0.4, -0.2) is 22.7 Å². The van der Waals surface area contributed by atoms with Crippen LogP contribution in [0, 0.1) is 6.92 Å². The van der Waals surface area contributed by atoms with Crippen LogP contribution in [0.25, 0.3) is 10.6 Å². The molecule has 1 atom stereocenters. The van der Waals surface area contributed by atoms with Gasteiger partial charge >= 0.3 is 5.97 Å². The molecule has 0 saturated heterocycles. The van der Waals surface area contributed by atoms with Gasteiger partial charge in [-0.05, 0) is 60.4 Å². The molecule has 0 amide bonds. The van der Waals surface area contributed by atoms with Crippen LogP contribution in [0.5, 0.6) is 5.75 Å². The van der Waals surface area contributed by atoms with Crippen LogP contribution in [0.2, 0.25) is 0 Å². The first-order valence-corrected chi connectivity index (χ1v) is 11.8. The number of thiazole rings is 1. The van der Waals surface area contributed by atoms with Gasteiger partial charge in [-0.1, -0.05) is 44.2 Å². The average Bonchev–Trinajstić information content (AvgIpc) is 3.31. The molecule has 162 valence electrons. The zero-order chi connectivity index (χ0) is 22.0. The van der Waals surface area contributed by atoms with Crippen LogP contribution in [-0.2, 0) is 17.6 Å². The van der Waals surface area contributed by atoms with Crippen molar-refractivity contribution in [3.05, 3.63) is 69.7 Å². The quantitative estimate of drug-likeness (QED) is 0.447. The topological polar surface area (TPSA) is 59.4 Å². The summed E-state index contributed by atoms with van der Waals surface area (Å²) in [6.45, 7) is 7.11. The first-order valence-electron chi connectivity index (χ1n) is 10.9. The van der Waals surface area contributed by atoms with E-state index in [1.54, 1.807) is 11.3 Å². The van der Waals surface area contributed by atoms with Crippen LogP contribution >= 0.6 is 11.3 Å². The highest BCUT2D eigenvalue weighted by molar-refractivity contribution is 7.15. The molecule has 31 heavy (non-hydrogen) atoms. The normalized spacial score (nSPS) is 15.3. The number of aryl methyl sites for hydroxylation is 2. The maximum atomic E-state index is 11.0. The number of fused-ring (bicyclic) bond motifs is 1. The summed E-state index contributed by atoms with van der Waals surface area (Å²) in [4.78, 5) is 17.1. The van der Waals surface area contributed by atoms with Crippen molar-refractivity contribution in [2.24, 2.45) is 0 Å². The molecule has 4 nitrogen and oxygen atoms in total. The lowest BCUT2D eigenvalue weighted by molar-refractivity contribution is -0.137. The third-order valence-electron chi connectivity index (χ3n) is 6.06. The monoisotopic (exact) mass is 435 g/mol. The molecule has 0 fully saturated rings. The molecule has 4 rings (SSSR count). The van der Waals surface area contributed by atoms with Crippen molar-refractivity contribution in [1.82, 2.24) is 4.98 Å². The number of aromatic nitrogens is 1. The number of benzene rings is 2. The minimum Gasteiger partial charge on any atom is -0.493 e. The molecule has 1 aliphatic rings. The molecule has 1 heterocycles. The van der Waals surface area contributed by atoms with Crippen molar-refractivity contribution in [1.29, 1.82) is 0 Å². The third kappa shape index (κ3) is 4.99. The zero-order valence-electron chi connectivity index (χ0n) is 18.4. The number of nitrogens with zero attached hydrogens (tertiary/aromatic N) is 1. The van der Waals surface area contributed by atoms with E-state index in [-0.39, 0.29) is 12.3 Å². The summed E-state index contributed by atoms with van der Waals surface area (Å²) in [5.41, 5.74) is 5.99. The maximum Gasteiger partial charge on any atom is 0.303 e. The second kappa shape index (κ2) is 9.23. The fourth-order valence-electron chi connectivity index (χ4n) is 4.25. The van der Waals surface area contributed by atoms with E-state index in [2.05, 4.69) is 51.1 Å². The summed E-state index contributed by atoms with van der Waals surface area (Å²) in [6, 6.07) is 14.8. The Balaban J connectivity index is 1.37. The van der Waals surface area contributed by atoms with Crippen LogP contribution in [0.15, 0.2) is 42.5 Å². The molecule has 1 aliphatic carbocycles. The van der Waals surface area contributed by atoms with Crippen molar-refractivity contribution in [3.63, 3.8) is 0 Å². The van der Waals surface area contributed by atoms with Crippen molar-refractivity contribution < 1.29 is 14.6 Å². The standard InChI is InChI=1S/C26H29NO3S/c1-16(2)18-4-6-19(7-5-18)26-27-24(17(3)31-26)12-13-30-22-10-11-23-20(14-22)8-9-21(23)15-25(28)29/h4-7,10-11,14,16,21H,8-9,12-13,15H2,1-3H3,(H,28,29). The number of carboxylic acids is 1. The van der Waals surface area contributed by atoms with Gasteiger partial charge in [-0.15, -0.1) is 11.3 Å². The summed E-state index contributed by atoms with van der Waals surface area (Å²) in [6.07, 6.45) is 2.81. The largest absolute Gasteiger partial charge is 0.493 e. The van der Waals surface area contributed by atoms with Gasteiger partial charge < -0.3 is 9.84 Å². The average molecular weight is 436 g/mol. The Labute approximate surface area is 187 Å². The number of hydrogen-bond donors (Lipinski definition) is 1. The van der Waals surface area contributed by atoms with Gasteiger partial charge in [-0.25, -0.2) is 4.98 Å². The smallest absolute Gasteiger partial charge is 0.303 e. The first-order chi connectivity index (χ1) is 14.9. The van der Waals surface area contributed by atoms with E-state index in [1.807, 2.05) is 12.1 Å². The Morgan fingerprint density at radius 2 is 2.00 bits per heavy atom. The highest BCUT2D eigenvalue weighted by atomic mass is 32.1. The zero-order valence-corrected chi connectivity index (χ0v) is 19.2. The first kappa shape index (κ1) is 21.6. The Morgan fingerprint density at radius 1 is 1.23 bits per heavy atom. The van der Waals surface area contributed by atoms with E-state index in [1.165, 1.54) is 27.1 Å². The molecule has 0 radical (unpaired) electrons. The molecule has 2 aromatic carbocycles. The summed E-state index contributed by atoms with van der Waals surface area (Å²) < 4.78 is 6.01. The van der Waals surface area contributed by atoms with Crippen LogP contribution in [0.1, 0.15) is 65.8 Å². The maximum absolute atomic E-state index is 11.0. The molecule has 0 aliphatic heterocycles. The van der Waals surface area contributed by atoms with Crippen LogP contribution in [0.4, 0.5) is 0 Å². The van der Waals surface area contributed by atoms with E-state index >= 15 is 0 Å². The van der Waals surface area contributed by atoms with E-state index in [9.17, 15) is 4.79 Å². The highest BCUT2D eigenvalue weighted by Crippen LogP contribution is 2.37. The number of carboxylic acid groups (broad SMARTS) is 1. The number of rotatable bonds is 8. The van der Waals surface area contributed by atoms with Gasteiger partial charge in [0.05, 0.1) is 18.7 Å². The van der Waals surface area contributed by atoms with Crippen molar-refractivity contribution in [3.8, 4) is 16.3 Å². The number of ether oxygens (including phenoxy) is 1. The predicted octanol–water partition coefficient (Wildman–Crippen LogP) is 6.37. The second-order valence-corrected chi connectivity index (χ2v) is 9.79. The van der Waals surface area contributed by atoms with E-state index in [4.69, 9.17) is 14.8 Å². The highest BCUT2D eigenvalue weighted by Gasteiger charge is 2.24. The Kier molecular flexibility index (Phi) is 6.42. The molecule has 5 heteroatoms. The number of aliphatic carboxylic acids is 1. The molecule has 1 N–H and O–H groups in total. The summed E-state index contributed by atoms with van der Waals surface area (Å²) in [7, 11) is 0. The molecule has 0 bridgehead atoms. The summed E-state index contributed by atoms with van der Waals surface area (Å²) in [5.74, 6) is 0.786. The number of hydrogen-bond acceptors (Lipinski definition) is 4. The van der Waals surface area contributed by atoms with E-state index in [0.29, 0.717) is 12.5 Å². The van der Waals surface area contributed by atoms with Crippen LogP contribution in [0.3, 0.4) is 0 Å². The Bertz CT molecular complexity index is 1070. The van der Waals surface area contributed by atoms with Gasteiger partial charge in [0.1, 0.15) is 10.8 Å². The SMILES string of the molecule is Cc1sc(-c2ccc(C(C)C)cc2)nc1CCOc1ccc2c(c1)CCC2CC(=O)O. The van der Waals surface area contributed by atoms with Gasteiger partial charge in [-0.2, -0.15) is 0 Å². The lowest BCUT2D eigenvalue weighted by atomic mass is 9.98. The predicted molar refractivity (Wildman–Crippen MR) is 125 cm³/mol. The van der Waals surface area contributed by atoms with Gasteiger partial charge in [0.2, 0.25) is 0 Å². The van der Waals surface area contributed by atoms with Gasteiger partial charge in [0.15, 0.2) is 0 Å². The van der Waals surface area contributed by atoms with Crippen molar-refractivity contribution in [2.75, 3.05) is 6.61 Å². The van der Waals surface area contributed by atoms with Crippen molar-refractivity contribution in [2.45, 2.75) is 58.3 Å². The van der Waals surface area contributed by atoms with E-state index in [0.717, 1.165) is 35.7 Å². The van der Waals surface area contributed by atoms with Crippen molar-refractivity contribution >= 4 is 17.3 Å². The second-order valence-electron chi connectivity index (χ2n) is 8.59.